The average molecular weight is 230 g/mol. The highest BCUT2D eigenvalue weighted by molar-refractivity contribution is 5.71. The van der Waals surface area contributed by atoms with Gasteiger partial charge in [-0.05, 0) is 5.92 Å². The molecule has 94 valence electrons. The smallest absolute Gasteiger partial charge is 0.308 e. The molecule has 1 unspecified atom stereocenters. The van der Waals surface area contributed by atoms with E-state index >= 15 is 0 Å². The molecule has 0 aromatic carbocycles. The van der Waals surface area contributed by atoms with Gasteiger partial charge < -0.3 is 9.47 Å². The van der Waals surface area contributed by atoms with Gasteiger partial charge in [0.25, 0.3) is 0 Å². The highest BCUT2D eigenvalue weighted by Crippen LogP contribution is 2.13. The summed E-state index contributed by atoms with van der Waals surface area (Å²) in [7, 11) is 0. The maximum Gasteiger partial charge on any atom is 0.308 e. The van der Waals surface area contributed by atoms with E-state index in [1.807, 2.05) is 13.8 Å². The number of hydrogen-bond acceptors (Lipinski definition) is 4. The van der Waals surface area contributed by atoms with E-state index in [0.29, 0.717) is 13.0 Å². The van der Waals surface area contributed by atoms with Gasteiger partial charge >= 0.3 is 11.9 Å². The van der Waals surface area contributed by atoms with Crippen molar-refractivity contribution in [3.63, 3.8) is 0 Å². The van der Waals surface area contributed by atoms with E-state index in [9.17, 15) is 9.59 Å². The van der Waals surface area contributed by atoms with E-state index < -0.39 is 0 Å². The van der Waals surface area contributed by atoms with Crippen molar-refractivity contribution in [2.24, 2.45) is 11.8 Å². The molecule has 0 aromatic heterocycles. The first-order chi connectivity index (χ1) is 7.34. The predicted octanol–water partition coefficient (Wildman–Crippen LogP) is 2.16. The molecule has 0 fully saturated rings. The van der Waals surface area contributed by atoms with Gasteiger partial charge in [-0.25, -0.2) is 0 Å². The van der Waals surface area contributed by atoms with E-state index in [1.165, 1.54) is 6.92 Å². The standard InChI is InChI=1S/C12H22O4/c1-8(2)11(6-7-15-10(5)13)16-12(14)9(3)4/h8-9,11H,6-7H2,1-5H3. The molecule has 4 nitrogen and oxygen atoms in total. The van der Waals surface area contributed by atoms with Crippen molar-refractivity contribution in [3.8, 4) is 0 Å². The van der Waals surface area contributed by atoms with Gasteiger partial charge in [0.1, 0.15) is 6.10 Å². The van der Waals surface area contributed by atoms with E-state index in [-0.39, 0.29) is 29.9 Å². The van der Waals surface area contributed by atoms with Gasteiger partial charge in [0, 0.05) is 13.3 Å². The molecule has 0 heterocycles. The van der Waals surface area contributed by atoms with Crippen molar-refractivity contribution in [1.29, 1.82) is 0 Å². The number of carbonyl (C=O) groups excluding carboxylic acids is 2. The van der Waals surface area contributed by atoms with Crippen LogP contribution in [0.15, 0.2) is 0 Å². The van der Waals surface area contributed by atoms with Crippen LogP contribution in [-0.2, 0) is 19.1 Å². The third kappa shape index (κ3) is 6.43. The van der Waals surface area contributed by atoms with Crippen molar-refractivity contribution in [3.05, 3.63) is 0 Å². The number of ether oxygens (including phenoxy) is 2. The lowest BCUT2D eigenvalue weighted by molar-refractivity contribution is -0.156. The molecule has 0 aliphatic carbocycles. The molecule has 0 bridgehead atoms. The van der Waals surface area contributed by atoms with Crippen LogP contribution in [0.3, 0.4) is 0 Å². The van der Waals surface area contributed by atoms with E-state index in [1.54, 1.807) is 13.8 Å². The minimum atomic E-state index is -0.308. The highest BCUT2D eigenvalue weighted by atomic mass is 16.6. The third-order valence-corrected chi connectivity index (χ3v) is 2.19. The Balaban J connectivity index is 4.08. The van der Waals surface area contributed by atoms with Crippen LogP contribution in [0.25, 0.3) is 0 Å². The molecule has 0 saturated carbocycles. The Morgan fingerprint density at radius 1 is 1.12 bits per heavy atom. The zero-order chi connectivity index (χ0) is 12.7. The summed E-state index contributed by atoms with van der Waals surface area (Å²) in [4.78, 5) is 22.0. The van der Waals surface area contributed by atoms with Gasteiger partial charge in [-0.3, -0.25) is 9.59 Å². The molecule has 0 rings (SSSR count). The van der Waals surface area contributed by atoms with Crippen LogP contribution >= 0.6 is 0 Å². The normalized spacial score (nSPS) is 12.7. The molecule has 0 saturated heterocycles. The minimum Gasteiger partial charge on any atom is -0.466 e. The van der Waals surface area contributed by atoms with Gasteiger partial charge in [0.2, 0.25) is 0 Å². The molecule has 16 heavy (non-hydrogen) atoms. The maximum atomic E-state index is 11.4. The van der Waals surface area contributed by atoms with E-state index in [2.05, 4.69) is 0 Å². The Labute approximate surface area is 97.3 Å². The second kappa shape index (κ2) is 7.25. The average Bonchev–Trinajstić information content (AvgIpc) is 2.14. The monoisotopic (exact) mass is 230 g/mol. The van der Waals surface area contributed by atoms with E-state index in [0.717, 1.165) is 0 Å². The van der Waals surface area contributed by atoms with Crippen LogP contribution in [0.5, 0.6) is 0 Å². The molecule has 0 radical (unpaired) electrons. The zero-order valence-corrected chi connectivity index (χ0v) is 10.8. The van der Waals surface area contributed by atoms with Crippen LogP contribution in [0.2, 0.25) is 0 Å². The molecule has 0 aliphatic heterocycles. The molecule has 0 amide bonds. The second-order valence-electron chi connectivity index (χ2n) is 4.50. The Kier molecular flexibility index (Phi) is 6.77. The Bertz CT molecular complexity index is 233. The summed E-state index contributed by atoms with van der Waals surface area (Å²) >= 11 is 0. The van der Waals surface area contributed by atoms with Crippen molar-refractivity contribution in [2.45, 2.75) is 47.1 Å². The first-order valence-corrected chi connectivity index (χ1v) is 5.68. The lowest BCUT2D eigenvalue weighted by Gasteiger charge is -2.22. The van der Waals surface area contributed by atoms with Gasteiger partial charge in [-0.2, -0.15) is 0 Å². The number of hydrogen-bond donors (Lipinski definition) is 0. The summed E-state index contributed by atoms with van der Waals surface area (Å²) in [5.41, 5.74) is 0. The van der Waals surface area contributed by atoms with Crippen LogP contribution in [0.1, 0.15) is 41.0 Å². The Morgan fingerprint density at radius 2 is 1.69 bits per heavy atom. The fourth-order valence-corrected chi connectivity index (χ4v) is 1.13. The minimum absolute atomic E-state index is 0.130. The lowest BCUT2D eigenvalue weighted by Crippen LogP contribution is -2.27. The zero-order valence-electron chi connectivity index (χ0n) is 10.8. The lowest BCUT2D eigenvalue weighted by atomic mass is 10.0. The molecule has 0 aromatic rings. The van der Waals surface area contributed by atoms with Crippen molar-refractivity contribution in [2.75, 3.05) is 6.61 Å². The Morgan fingerprint density at radius 3 is 2.06 bits per heavy atom. The topological polar surface area (TPSA) is 52.6 Å². The van der Waals surface area contributed by atoms with Gasteiger partial charge in [-0.1, -0.05) is 27.7 Å². The van der Waals surface area contributed by atoms with Gasteiger partial charge in [0.05, 0.1) is 12.5 Å². The number of esters is 2. The summed E-state index contributed by atoms with van der Waals surface area (Å²) in [6.07, 6.45) is 0.365. The fraction of sp³-hybridized carbons (Fsp3) is 0.833. The largest absolute Gasteiger partial charge is 0.466 e. The fourth-order valence-electron chi connectivity index (χ4n) is 1.13. The van der Waals surface area contributed by atoms with Crippen LogP contribution in [-0.4, -0.2) is 24.6 Å². The van der Waals surface area contributed by atoms with Crippen molar-refractivity contribution < 1.29 is 19.1 Å². The van der Waals surface area contributed by atoms with Crippen LogP contribution in [0, 0.1) is 11.8 Å². The molecular formula is C12H22O4. The molecule has 4 heteroatoms. The maximum absolute atomic E-state index is 11.4. The summed E-state index contributed by atoms with van der Waals surface area (Å²) in [5.74, 6) is -0.424. The first-order valence-electron chi connectivity index (χ1n) is 5.68. The Hall–Kier alpha value is -1.06. The molecule has 1 atom stereocenters. The summed E-state index contributed by atoms with van der Waals surface area (Å²) in [5, 5.41) is 0. The van der Waals surface area contributed by atoms with E-state index in [4.69, 9.17) is 9.47 Å². The number of rotatable bonds is 6. The van der Waals surface area contributed by atoms with Crippen LogP contribution in [0.4, 0.5) is 0 Å². The molecule has 0 aliphatic rings. The summed E-state index contributed by atoms with van der Waals surface area (Å²) < 4.78 is 10.2. The summed E-state index contributed by atoms with van der Waals surface area (Å²) in [6.45, 7) is 9.21. The second-order valence-corrected chi connectivity index (χ2v) is 4.50. The predicted molar refractivity (Wildman–Crippen MR) is 60.8 cm³/mol. The molecular weight excluding hydrogens is 208 g/mol. The number of carbonyl (C=O) groups is 2. The molecule has 0 spiro atoms. The summed E-state index contributed by atoms with van der Waals surface area (Å²) in [6, 6.07) is 0. The van der Waals surface area contributed by atoms with Crippen molar-refractivity contribution >= 4 is 11.9 Å². The third-order valence-electron chi connectivity index (χ3n) is 2.19. The van der Waals surface area contributed by atoms with Gasteiger partial charge in [0.15, 0.2) is 0 Å². The van der Waals surface area contributed by atoms with Gasteiger partial charge in [-0.15, -0.1) is 0 Å². The highest BCUT2D eigenvalue weighted by Gasteiger charge is 2.20. The van der Waals surface area contributed by atoms with Crippen molar-refractivity contribution in [1.82, 2.24) is 0 Å². The quantitative estimate of drug-likeness (QED) is 0.656. The first kappa shape index (κ1) is 14.9. The SMILES string of the molecule is CC(=O)OCCC(OC(=O)C(C)C)C(C)C. The van der Waals surface area contributed by atoms with Crippen LogP contribution < -0.4 is 0 Å². The molecule has 0 N–H and O–H groups in total.